The Morgan fingerprint density at radius 1 is 1.07 bits per heavy atom. The zero-order valence-electron chi connectivity index (χ0n) is 17.5. The molecule has 1 amide bonds. The minimum atomic E-state index is -0.267. The zero-order chi connectivity index (χ0) is 21.7. The number of amides is 1. The SMILES string of the molecule is Cc1nnc(SCc2ccccc2)n1NC(=S)NC(=O)c1ccc(C(C)(C)C)cc1. The van der Waals surface area contributed by atoms with Crippen LogP contribution in [-0.2, 0) is 11.2 Å². The third kappa shape index (κ3) is 5.67. The van der Waals surface area contributed by atoms with Crippen molar-refractivity contribution in [1.82, 2.24) is 20.2 Å². The van der Waals surface area contributed by atoms with Gasteiger partial charge in [0.25, 0.3) is 5.91 Å². The Kier molecular flexibility index (Phi) is 6.89. The lowest BCUT2D eigenvalue weighted by atomic mass is 9.87. The van der Waals surface area contributed by atoms with Gasteiger partial charge in [-0.05, 0) is 47.8 Å². The van der Waals surface area contributed by atoms with Crippen LogP contribution in [0.1, 0.15) is 48.1 Å². The second-order valence-electron chi connectivity index (χ2n) is 7.86. The van der Waals surface area contributed by atoms with E-state index in [-0.39, 0.29) is 16.4 Å². The van der Waals surface area contributed by atoms with Gasteiger partial charge in [-0.25, -0.2) is 4.68 Å². The summed E-state index contributed by atoms with van der Waals surface area (Å²) >= 11 is 6.87. The summed E-state index contributed by atoms with van der Waals surface area (Å²) in [5.41, 5.74) is 5.93. The van der Waals surface area contributed by atoms with Crippen molar-refractivity contribution >= 4 is 35.0 Å². The molecule has 3 rings (SSSR count). The fourth-order valence-corrected chi connectivity index (χ4v) is 3.79. The summed E-state index contributed by atoms with van der Waals surface area (Å²) in [5, 5.41) is 11.9. The van der Waals surface area contributed by atoms with Crippen molar-refractivity contribution in [1.29, 1.82) is 0 Å². The van der Waals surface area contributed by atoms with Gasteiger partial charge in [-0.15, -0.1) is 10.2 Å². The number of carbonyl (C=O) groups is 1. The molecule has 30 heavy (non-hydrogen) atoms. The molecule has 3 aromatic rings. The van der Waals surface area contributed by atoms with Crippen LogP contribution in [0, 0.1) is 6.92 Å². The van der Waals surface area contributed by atoms with Crippen LogP contribution < -0.4 is 10.7 Å². The van der Waals surface area contributed by atoms with Gasteiger partial charge < -0.3 is 0 Å². The van der Waals surface area contributed by atoms with Crippen LogP contribution in [0.25, 0.3) is 0 Å². The Bertz CT molecular complexity index is 1020. The number of thiocarbonyl (C=S) groups is 1. The summed E-state index contributed by atoms with van der Waals surface area (Å²) in [6.07, 6.45) is 0. The van der Waals surface area contributed by atoms with E-state index in [4.69, 9.17) is 12.2 Å². The Morgan fingerprint density at radius 2 is 1.73 bits per heavy atom. The first-order valence-corrected chi connectivity index (χ1v) is 10.9. The van der Waals surface area contributed by atoms with E-state index in [1.54, 1.807) is 4.68 Å². The van der Waals surface area contributed by atoms with Crippen LogP contribution >= 0.6 is 24.0 Å². The van der Waals surface area contributed by atoms with E-state index in [9.17, 15) is 4.79 Å². The van der Waals surface area contributed by atoms with Crippen LogP contribution in [0.3, 0.4) is 0 Å². The summed E-state index contributed by atoms with van der Waals surface area (Å²) in [4.78, 5) is 12.5. The van der Waals surface area contributed by atoms with E-state index in [1.807, 2.05) is 49.4 Å². The van der Waals surface area contributed by atoms with Crippen molar-refractivity contribution in [2.75, 3.05) is 5.43 Å². The van der Waals surface area contributed by atoms with E-state index in [1.165, 1.54) is 22.9 Å². The van der Waals surface area contributed by atoms with E-state index in [0.717, 1.165) is 5.75 Å². The molecule has 0 aliphatic rings. The lowest BCUT2D eigenvalue weighted by Crippen LogP contribution is -2.38. The monoisotopic (exact) mass is 439 g/mol. The van der Waals surface area contributed by atoms with Gasteiger partial charge in [-0.1, -0.05) is 75.0 Å². The minimum absolute atomic E-state index is 0.0334. The fraction of sp³-hybridized carbons (Fsp3) is 0.273. The Morgan fingerprint density at radius 3 is 2.37 bits per heavy atom. The molecule has 2 aromatic carbocycles. The normalized spacial score (nSPS) is 11.2. The molecule has 0 saturated heterocycles. The van der Waals surface area contributed by atoms with Gasteiger partial charge in [0.05, 0.1) is 0 Å². The van der Waals surface area contributed by atoms with Crippen LogP contribution in [-0.4, -0.2) is 25.9 Å². The van der Waals surface area contributed by atoms with Crippen molar-refractivity contribution in [2.45, 2.75) is 44.0 Å². The van der Waals surface area contributed by atoms with E-state index in [2.05, 4.69) is 53.8 Å². The minimum Gasteiger partial charge on any atom is -0.298 e. The van der Waals surface area contributed by atoms with Gasteiger partial charge in [0.15, 0.2) is 5.11 Å². The molecule has 0 bridgehead atoms. The summed E-state index contributed by atoms with van der Waals surface area (Å²) in [6.45, 7) is 8.23. The smallest absolute Gasteiger partial charge is 0.257 e. The molecule has 0 atom stereocenters. The Labute approximate surface area is 186 Å². The van der Waals surface area contributed by atoms with Gasteiger partial charge in [-0.3, -0.25) is 15.5 Å². The van der Waals surface area contributed by atoms with Gasteiger partial charge in [0.1, 0.15) is 5.82 Å². The molecular formula is C22H25N5OS2. The molecule has 0 saturated carbocycles. The van der Waals surface area contributed by atoms with Crippen molar-refractivity contribution < 1.29 is 4.79 Å². The number of thioether (sulfide) groups is 1. The number of nitrogens with one attached hydrogen (secondary N) is 2. The summed E-state index contributed by atoms with van der Waals surface area (Å²) in [6, 6.07) is 17.7. The van der Waals surface area contributed by atoms with Crippen LogP contribution in [0.5, 0.6) is 0 Å². The number of carbonyl (C=O) groups excluding carboxylic acids is 1. The number of aryl methyl sites for hydroxylation is 1. The first-order chi connectivity index (χ1) is 14.2. The van der Waals surface area contributed by atoms with Gasteiger partial charge in [0.2, 0.25) is 5.16 Å². The lowest BCUT2D eigenvalue weighted by molar-refractivity contribution is 0.0977. The molecule has 0 fully saturated rings. The first kappa shape index (κ1) is 22.0. The van der Waals surface area contributed by atoms with Gasteiger partial charge in [-0.2, -0.15) is 0 Å². The quantitative estimate of drug-likeness (QED) is 0.453. The second-order valence-corrected chi connectivity index (χ2v) is 9.21. The fourth-order valence-electron chi connectivity index (χ4n) is 2.71. The molecule has 6 nitrogen and oxygen atoms in total. The zero-order valence-corrected chi connectivity index (χ0v) is 19.1. The van der Waals surface area contributed by atoms with Crippen LogP contribution in [0.15, 0.2) is 59.8 Å². The average molecular weight is 440 g/mol. The predicted octanol–water partition coefficient (Wildman–Crippen LogP) is 4.43. The number of benzene rings is 2. The second kappa shape index (κ2) is 9.40. The van der Waals surface area contributed by atoms with Crippen molar-refractivity contribution in [3.63, 3.8) is 0 Å². The molecule has 0 unspecified atom stereocenters. The molecule has 1 aromatic heterocycles. The van der Waals surface area contributed by atoms with Gasteiger partial charge >= 0.3 is 0 Å². The summed E-state index contributed by atoms with van der Waals surface area (Å²) in [5.74, 6) is 1.13. The van der Waals surface area contributed by atoms with Crippen molar-refractivity contribution in [3.05, 3.63) is 77.1 Å². The summed E-state index contributed by atoms with van der Waals surface area (Å²) < 4.78 is 1.68. The number of rotatable bonds is 5. The molecule has 0 spiro atoms. The third-order valence-corrected chi connectivity index (χ3v) is 5.65. The van der Waals surface area contributed by atoms with Crippen LogP contribution in [0.2, 0.25) is 0 Å². The third-order valence-electron chi connectivity index (χ3n) is 4.46. The van der Waals surface area contributed by atoms with E-state index in [0.29, 0.717) is 16.5 Å². The van der Waals surface area contributed by atoms with E-state index >= 15 is 0 Å². The Hall–Kier alpha value is -2.71. The molecule has 0 aliphatic carbocycles. The topological polar surface area (TPSA) is 71.8 Å². The van der Waals surface area contributed by atoms with E-state index < -0.39 is 0 Å². The maximum atomic E-state index is 12.5. The van der Waals surface area contributed by atoms with Gasteiger partial charge in [0, 0.05) is 11.3 Å². The lowest BCUT2D eigenvalue weighted by Gasteiger charge is -2.19. The highest BCUT2D eigenvalue weighted by Crippen LogP contribution is 2.22. The number of hydrogen-bond acceptors (Lipinski definition) is 5. The molecule has 0 radical (unpaired) electrons. The number of aromatic nitrogens is 3. The maximum Gasteiger partial charge on any atom is 0.257 e. The van der Waals surface area contributed by atoms with Crippen molar-refractivity contribution in [2.24, 2.45) is 0 Å². The molecule has 8 heteroatoms. The Balaban J connectivity index is 1.62. The molecule has 2 N–H and O–H groups in total. The largest absolute Gasteiger partial charge is 0.298 e. The molecular weight excluding hydrogens is 414 g/mol. The maximum absolute atomic E-state index is 12.5. The highest BCUT2D eigenvalue weighted by Gasteiger charge is 2.16. The highest BCUT2D eigenvalue weighted by molar-refractivity contribution is 7.98. The molecule has 0 aliphatic heterocycles. The highest BCUT2D eigenvalue weighted by atomic mass is 32.2. The number of nitrogens with zero attached hydrogens (tertiary/aromatic N) is 3. The first-order valence-electron chi connectivity index (χ1n) is 9.55. The van der Waals surface area contributed by atoms with Crippen molar-refractivity contribution in [3.8, 4) is 0 Å². The molecule has 156 valence electrons. The average Bonchev–Trinajstić information content (AvgIpc) is 3.06. The standard InChI is InChI=1S/C22H25N5OS2/c1-15-24-25-21(30-14-16-8-6-5-7-9-16)27(15)26-20(29)23-19(28)17-10-12-18(13-11-17)22(2,3)4/h5-13H,14H2,1-4H3,(H2,23,26,28,29). The number of hydrogen-bond donors (Lipinski definition) is 2. The van der Waals surface area contributed by atoms with Crippen LogP contribution in [0.4, 0.5) is 0 Å². The predicted molar refractivity (Wildman–Crippen MR) is 125 cm³/mol. The molecule has 1 heterocycles. The summed E-state index contributed by atoms with van der Waals surface area (Å²) in [7, 11) is 0.